The van der Waals surface area contributed by atoms with Crippen molar-refractivity contribution in [3.05, 3.63) is 36.3 Å². The largest absolute Gasteiger partial charge is 0.328 e. The van der Waals surface area contributed by atoms with E-state index in [4.69, 9.17) is 5.73 Å². The van der Waals surface area contributed by atoms with E-state index in [1.54, 1.807) is 0 Å². The molecule has 0 bridgehead atoms. The van der Waals surface area contributed by atoms with Crippen LogP contribution in [0.5, 0.6) is 0 Å². The van der Waals surface area contributed by atoms with Gasteiger partial charge in [-0.05, 0) is 39.1 Å². The average Bonchev–Trinajstić information content (AvgIpc) is 2.68. The highest BCUT2D eigenvalue weighted by atomic mass is 15.1. The van der Waals surface area contributed by atoms with Crippen LogP contribution in [0.25, 0.3) is 5.65 Å². The number of aromatic nitrogens is 2. The monoisotopic (exact) mass is 232 g/mol. The molecule has 2 heterocycles. The molecule has 0 aliphatic heterocycles. The molecule has 4 nitrogen and oxygen atoms in total. The Bertz CT molecular complexity index is 442. The van der Waals surface area contributed by atoms with Gasteiger partial charge in [-0.15, -0.1) is 0 Å². The van der Waals surface area contributed by atoms with E-state index in [1.807, 2.05) is 31.3 Å². The van der Waals surface area contributed by atoms with Crippen molar-refractivity contribution in [2.75, 3.05) is 13.6 Å². The fourth-order valence-electron chi connectivity index (χ4n) is 1.84. The van der Waals surface area contributed by atoms with Crippen molar-refractivity contribution in [3.63, 3.8) is 0 Å². The number of nitrogens with zero attached hydrogens (tertiary/aromatic N) is 3. The Kier molecular flexibility index (Phi) is 3.76. The smallest absolute Gasteiger partial charge is 0.137 e. The van der Waals surface area contributed by atoms with Crippen LogP contribution in [0.3, 0.4) is 0 Å². The highest BCUT2D eigenvalue weighted by molar-refractivity contribution is 5.39. The summed E-state index contributed by atoms with van der Waals surface area (Å²) in [5.74, 6) is 0. The van der Waals surface area contributed by atoms with Crippen molar-refractivity contribution in [2.24, 2.45) is 5.73 Å². The second kappa shape index (κ2) is 5.29. The Morgan fingerprint density at radius 2 is 2.29 bits per heavy atom. The second-order valence-electron chi connectivity index (χ2n) is 4.70. The van der Waals surface area contributed by atoms with E-state index in [2.05, 4.69) is 27.5 Å². The number of imidazole rings is 1. The molecule has 0 spiro atoms. The van der Waals surface area contributed by atoms with Gasteiger partial charge < -0.3 is 15.0 Å². The Morgan fingerprint density at radius 1 is 1.47 bits per heavy atom. The lowest BCUT2D eigenvalue weighted by molar-refractivity contribution is 0.310. The zero-order valence-electron chi connectivity index (χ0n) is 10.5. The van der Waals surface area contributed by atoms with Gasteiger partial charge in [-0.2, -0.15) is 0 Å². The van der Waals surface area contributed by atoms with Crippen LogP contribution in [0.4, 0.5) is 0 Å². The van der Waals surface area contributed by atoms with Crippen molar-refractivity contribution in [2.45, 2.75) is 25.9 Å². The van der Waals surface area contributed by atoms with E-state index in [1.165, 1.54) is 0 Å². The van der Waals surface area contributed by atoms with Crippen molar-refractivity contribution < 1.29 is 0 Å². The van der Waals surface area contributed by atoms with Gasteiger partial charge in [-0.1, -0.05) is 6.07 Å². The summed E-state index contributed by atoms with van der Waals surface area (Å²) in [5.41, 5.74) is 7.85. The van der Waals surface area contributed by atoms with Gasteiger partial charge in [0.1, 0.15) is 5.65 Å². The minimum absolute atomic E-state index is 0.263. The number of hydrogen-bond donors (Lipinski definition) is 1. The molecule has 4 heteroatoms. The molecule has 0 saturated carbocycles. The minimum Gasteiger partial charge on any atom is -0.328 e. The van der Waals surface area contributed by atoms with E-state index >= 15 is 0 Å². The maximum atomic E-state index is 5.75. The normalized spacial score (nSPS) is 13.4. The first kappa shape index (κ1) is 12.1. The molecule has 2 aromatic rings. The van der Waals surface area contributed by atoms with Gasteiger partial charge in [0, 0.05) is 25.0 Å². The maximum absolute atomic E-state index is 5.75. The topological polar surface area (TPSA) is 46.6 Å². The Hall–Kier alpha value is -1.39. The van der Waals surface area contributed by atoms with E-state index in [9.17, 15) is 0 Å². The summed E-state index contributed by atoms with van der Waals surface area (Å²) < 4.78 is 2.05. The van der Waals surface area contributed by atoms with Gasteiger partial charge in [-0.25, -0.2) is 4.98 Å². The minimum atomic E-state index is 0.263. The summed E-state index contributed by atoms with van der Waals surface area (Å²) in [6.45, 7) is 3.92. The summed E-state index contributed by atoms with van der Waals surface area (Å²) in [6, 6.07) is 6.30. The first-order valence-electron chi connectivity index (χ1n) is 6.02. The quantitative estimate of drug-likeness (QED) is 0.850. The first-order valence-corrected chi connectivity index (χ1v) is 6.02. The van der Waals surface area contributed by atoms with Crippen molar-refractivity contribution >= 4 is 5.65 Å². The molecule has 1 unspecified atom stereocenters. The summed E-state index contributed by atoms with van der Waals surface area (Å²) in [6.07, 6.45) is 5.12. The van der Waals surface area contributed by atoms with Crippen LogP contribution < -0.4 is 5.73 Å². The molecule has 2 rings (SSSR count). The molecule has 0 aromatic carbocycles. The fraction of sp³-hybridized carbons (Fsp3) is 0.462. The van der Waals surface area contributed by atoms with E-state index in [-0.39, 0.29) is 6.04 Å². The van der Waals surface area contributed by atoms with E-state index in [0.29, 0.717) is 0 Å². The van der Waals surface area contributed by atoms with Crippen LogP contribution in [0, 0.1) is 0 Å². The third-order valence-electron chi connectivity index (χ3n) is 2.81. The van der Waals surface area contributed by atoms with E-state index < -0.39 is 0 Å². The first-order chi connectivity index (χ1) is 8.15. The van der Waals surface area contributed by atoms with Gasteiger partial charge in [0.15, 0.2) is 0 Å². The SMILES string of the molecule is CC(N)CCN(C)Cc1cn2ccccc2n1. The number of rotatable bonds is 5. The molecule has 0 saturated heterocycles. The Morgan fingerprint density at radius 3 is 3.00 bits per heavy atom. The fourth-order valence-corrected chi connectivity index (χ4v) is 1.84. The van der Waals surface area contributed by atoms with Gasteiger partial charge >= 0.3 is 0 Å². The van der Waals surface area contributed by atoms with Crippen LogP contribution in [0.1, 0.15) is 19.0 Å². The summed E-state index contributed by atoms with van der Waals surface area (Å²) in [7, 11) is 2.10. The van der Waals surface area contributed by atoms with Gasteiger partial charge in [0.2, 0.25) is 0 Å². The maximum Gasteiger partial charge on any atom is 0.137 e. The summed E-state index contributed by atoms with van der Waals surface area (Å²) in [4.78, 5) is 6.82. The third kappa shape index (κ3) is 3.28. The van der Waals surface area contributed by atoms with Crippen LogP contribution in [-0.4, -0.2) is 33.9 Å². The van der Waals surface area contributed by atoms with Crippen molar-refractivity contribution in [3.8, 4) is 0 Å². The predicted octanol–water partition coefficient (Wildman–Crippen LogP) is 1.50. The van der Waals surface area contributed by atoms with Gasteiger partial charge in [0.05, 0.1) is 5.69 Å². The van der Waals surface area contributed by atoms with Gasteiger partial charge in [-0.3, -0.25) is 0 Å². The molecule has 1 atom stereocenters. The highest BCUT2D eigenvalue weighted by Gasteiger charge is 2.05. The predicted molar refractivity (Wildman–Crippen MR) is 69.8 cm³/mol. The van der Waals surface area contributed by atoms with Gasteiger partial charge in [0.25, 0.3) is 0 Å². The standard InChI is InChI=1S/C13H20N4/c1-11(14)6-8-16(2)9-12-10-17-7-4-3-5-13(17)15-12/h3-5,7,10-11H,6,8-9,14H2,1-2H3. The average molecular weight is 232 g/mol. The third-order valence-corrected chi connectivity index (χ3v) is 2.81. The highest BCUT2D eigenvalue weighted by Crippen LogP contribution is 2.06. The number of fused-ring (bicyclic) bond motifs is 1. The lowest BCUT2D eigenvalue weighted by Gasteiger charge is -2.16. The zero-order chi connectivity index (χ0) is 12.3. The summed E-state index contributed by atoms with van der Waals surface area (Å²) >= 11 is 0. The molecule has 0 aliphatic rings. The van der Waals surface area contributed by atoms with Crippen LogP contribution in [0.15, 0.2) is 30.6 Å². The zero-order valence-corrected chi connectivity index (χ0v) is 10.5. The molecule has 0 aliphatic carbocycles. The molecule has 17 heavy (non-hydrogen) atoms. The molecule has 2 N–H and O–H groups in total. The summed E-state index contributed by atoms with van der Waals surface area (Å²) in [5, 5.41) is 0. The lowest BCUT2D eigenvalue weighted by Crippen LogP contribution is -2.25. The van der Waals surface area contributed by atoms with Crippen molar-refractivity contribution in [1.82, 2.24) is 14.3 Å². The van der Waals surface area contributed by atoms with Crippen LogP contribution in [-0.2, 0) is 6.54 Å². The van der Waals surface area contributed by atoms with E-state index in [0.717, 1.165) is 30.9 Å². The molecule has 0 fully saturated rings. The number of nitrogens with two attached hydrogens (primary N) is 1. The Balaban J connectivity index is 1.98. The van der Waals surface area contributed by atoms with Crippen LogP contribution in [0.2, 0.25) is 0 Å². The molecule has 0 amide bonds. The van der Waals surface area contributed by atoms with Crippen molar-refractivity contribution in [1.29, 1.82) is 0 Å². The van der Waals surface area contributed by atoms with Crippen LogP contribution >= 0.6 is 0 Å². The number of hydrogen-bond acceptors (Lipinski definition) is 3. The number of pyridine rings is 1. The molecule has 92 valence electrons. The second-order valence-corrected chi connectivity index (χ2v) is 4.70. The molecular formula is C13H20N4. The molecule has 0 radical (unpaired) electrons. The Labute approximate surface area is 102 Å². The molecule has 2 aromatic heterocycles. The molecular weight excluding hydrogens is 212 g/mol. The lowest BCUT2D eigenvalue weighted by atomic mass is 10.2.